The van der Waals surface area contributed by atoms with Crippen molar-refractivity contribution in [1.82, 2.24) is 4.90 Å². The summed E-state index contributed by atoms with van der Waals surface area (Å²) in [5, 5.41) is 0. The fraction of sp³-hybridized carbons (Fsp3) is 0.917. The van der Waals surface area contributed by atoms with Crippen LogP contribution in [0.15, 0.2) is 0 Å². The van der Waals surface area contributed by atoms with Crippen LogP contribution in [0.1, 0.15) is 34.1 Å². The van der Waals surface area contributed by atoms with Crippen LogP contribution in [0.4, 0.5) is 0 Å². The highest BCUT2D eigenvalue weighted by molar-refractivity contribution is 5.73. The Kier molecular flexibility index (Phi) is 3.77. The molecule has 0 aliphatic carbocycles. The van der Waals surface area contributed by atoms with E-state index in [1.54, 1.807) is 14.0 Å². The van der Waals surface area contributed by atoms with E-state index >= 15 is 0 Å². The number of ether oxygens (including phenoxy) is 1. The van der Waals surface area contributed by atoms with Gasteiger partial charge >= 0.3 is 0 Å². The van der Waals surface area contributed by atoms with E-state index in [1.165, 1.54) is 0 Å². The summed E-state index contributed by atoms with van der Waals surface area (Å²) in [4.78, 5) is 13.2. The zero-order valence-electron chi connectivity index (χ0n) is 10.5. The number of piperidine rings is 1. The second kappa shape index (κ2) is 4.52. The molecule has 1 heterocycles. The number of rotatable bonds is 1. The first-order valence-corrected chi connectivity index (χ1v) is 5.64. The van der Waals surface area contributed by atoms with Gasteiger partial charge in [0, 0.05) is 27.1 Å². The molecule has 0 aromatic rings. The van der Waals surface area contributed by atoms with Gasteiger partial charge in [-0.25, -0.2) is 0 Å². The molecule has 0 N–H and O–H groups in total. The lowest BCUT2D eigenvalue weighted by atomic mass is 9.73. The van der Waals surface area contributed by atoms with Crippen molar-refractivity contribution in [2.45, 2.75) is 40.2 Å². The first kappa shape index (κ1) is 12.5. The number of carbonyl (C=O) groups is 1. The van der Waals surface area contributed by atoms with E-state index in [1.807, 2.05) is 4.90 Å². The van der Waals surface area contributed by atoms with Crippen molar-refractivity contribution < 1.29 is 9.53 Å². The minimum Gasteiger partial charge on any atom is -0.379 e. The third-order valence-electron chi connectivity index (χ3n) is 3.42. The third-order valence-corrected chi connectivity index (χ3v) is 3.42. The lowest BCUT2D eigenvalue weighted by molar-refractivity contribution is -0.136. The SMILES string of the molecule is COC1CN(C(C)=O)CCC1C(C)(C)C. The summed E-state index contributed by atoms with van der Waals surface area (Å²) in [6.45, 7) is 9.97. The molecule has 1 aliphatic rings. The summed E-state index contributed by atoms with van der Waals surface area (Å²) >= 11 is 0. The lowest BCUT2D eigenvalue weighted by Gasteiger charge is -2.43. The largest absolute Gasteiger partial charge is 0.379 e. The first-order valence-electron chi connectivity index (χ1n) is 5.64. The van der Waals surface area contributed by atoms with Gasteiger partial charge in [0.2, 0.25) is 5.91 Å². The predicted molar refractivity (Wildman–Crippen MR) is 60.6 cm³/mol. The Morgan fingerprint density at radius 1 is 1.40 bits per heavy atom. The van der Waals surface area contributed by atoms with Crippen LogP contribution in [-0.2, 0) is 9.53 Å². The number of hydrogen-bond acceptors (Lipinski definition) is 2. The Balaban J connectivity index is 2.69. The highest BCUT2D eigenvalue weighted by atomic mass is 16.5. The van der Waals surface area contributed by atoms with Gasteiger partial charge in [0.25, 0.3) is 0 Å². The van der Waals surface area contributed by atoms with Crippen molar-refractivity contribution >= 4 is 5.91 Å². The van der Waals surface area contributed by atoms with Crippen LogP contribution in [0, 0.1) is 11.3 Å². The van der Waals surface area contributed by atoms with Crippen LogP contribution in [0.25, 0.3) is 0 Å². The molecule has 0 radical (unpaired) electrons. The number of nitrogens with zero attached hydrogens (tertiary/aromatic N) is 1. The van der Waals surface area contributed by atoms with E-state index in [-0.39, 0.29) is 17.4 Å². The molecule has 2 unspecified atom stereocenters. The van der Waals surface area contributed by atoms with Gasteiger partial charge in [-0.2, -0.15) is 0 Å². The molecule has 2 atom stereocenters. The maximum absolute atomic E-state index is 11.3. The Morgan fingerprint density at radius 2 is 2.00 bits per heavy atom. The summed E-state index contributed by atoms with van der Waals surface area (Å²) in [6, 6.07) is 0. The maximum Gasteiger partial charge on any atom is 0.219 e. The predicted octanol–water partition coefficient (Wildman–Crippen LogP) is 1.92. The second-order valence-electron chi connectivity index (χ2n) is 5.50. The highest BCUT2D eigenvalue weighted by Gasteiger charge is 2.37. The Morgan fingerprint density at radius 3 is 2.40 bits per heavy atom. The maximum atomic E-state index is 11.3. The van der Waals surface area contributed by atoms with Crippen LogP contribution >= 0.6 is 0 Å². The first-order chi connectivity index (χ1) is 6.86. The molecular weight excluding hydrogens is 190 g/mol. The Bertz CT molecular complexity index is 232. The molecule has 0 aromatic heterocycles. The van der Waals surface area contributed by atoms with Crippen molar-refractivity contribution in [3.05, 3.63) is 0 Å². The normalized spacial score (nSPS) is 27.9. The summed E-state index contributed by atoms with van der Waals surface area (Å²) in [7, 11) is 1.74. The fourth-order valence-electron chi connectivity index (χ4n) is 2.43. The van der Waals surface area contributed by atoms with E-state index in [9.17, 15) is 4.79 Å². The Labute approximate surface area is 92.8 Å². The van der Waals surface area contributed by atoms with Crippen LogP contribution in [0.3, 0.4) is 0 Å². The molecule has 3 heteroatoms. The second-order valence-corrected chi connectivity index (χ2v) is 5.50. The number of carbonyl (C=O) groups excluding carboxylic acids is 1. The molecule has 0 bridgehead atoms. The average Bonchev–Trinajstić information content (AvgIpc) is 2.15. The molecule has 1 aliphatic heterocycles. The molecule has 0 saturated carbocycles. The topological polar surface area (TPSA) is 29.5 Å². The highest BCUT2D eigenvalue weighted by Crippen LogP contribution is 2.35. The van der Waals surface area contributed by atoms with Gasteiger partial charge in [0.05, 0.1) is 6.10 Å². The van der Waals surface area contributed by atoms with E-state index in [2.05, 4.69) is 20.8 Å². The van der Waals surface area contributed by atoms with E-state index in [0.717, 1.165) is 19.5 Å². The summed E-state index contributed by atoms with van der Waals surface area (Å²) in [6.07, 6.45) is 1.23. The molecular formula is C12H23NO2. The molecule has 1 rings (SSSR count). The molecule has 0 aromatic carbocycles. The average molecular weight is 213 g/mol. The van der Waals surface area contributed by atoms with E-state index < -0.39 is 0 Å². The van der Waals surface area contributed by atoms with Gasteiger partial charge in [0.15, 0.2) is 0 Å². The van der Waals surface area contributed by atoms with Gasteiger partial charge in [-0.15, -0.1) is 0 Å². The van der Waals surface area contributed by atoms with Crippen LogP contribution < -0.4 is 0 Å². The number of likely N-dealkylation sites (tertiary alicyclic amines) is 1. The molecule has 15 heavy (non-hydrogen) atoms. The molecule has 1 amide bonds. The van der Waals surface area contributed by atoms with Crippen molar-refractivity contribution in [3.8, 4) is 0 Å². The number of amides is 1. The summed E-state index contributed by atoms with van der Waals surface area (Å²) < 4.78 is 5.52. The third kappa shape index (κ3) is 2.94. The van der Waals surface area contributed by atoms with E-state index in [4.69, 9.17) is 4.74 Å². The van der Waals surface area contributed by atoms with Gasteiger partial charge in [-0.05, 0) is 17.8 Å². The zero-order chi connectivity index (χ0) is 11.6. The van der Waals surface area contributed by atoms with E-state index in [0.29, 0.717) is 5.92 Å². The van der Waals surface area contributed by atoms with Crippen molar-refractivity contribution in [2.75, 3.05) is 20.2 Å². The van der Waals surface area contributed by atoms with Crippen LogP contribution in [-0.4, -0.2) is 37.1 Å². The molecule has 1 saturated heterocycles. The van der Waals surface area contributed by atoms with Crippen molar-refractivity contribution in [3.63, 3.8) is 0 Å². The summed E-state index contributed by atoms with van der Waals surface area (Å²) in [5.74, 6) is 0.697. The minimum atomic E-state index is 0.157. The van der Waals surface area contributed by atoms with Gasteiger partial charge < -0.3 is 9.64 Å². The molecule has 3 nitrogen and oxygen atoms in total. The fourth-order valence-corrected chi connectivity index (χ4v) is 2.43. The lowest BCUT2D eigenvalue weighted by Crippen LogP contribution is -2.50. The van der Waals surface area contributed by atoms with Gasteiger partial charge in [-0.1, -0.05) is 20.8 Å². The van der Waals surface area contributed by atoms with Gasteiger partial charge in [0.1, 0.15) is 0 Å². The quantitative estimate of drug-likeness (QED) is 0.666. The number of hydrogen-bond donors (Lipinski definition) is 0. The van der Waals surface area contributed by atoms with Gasteiger partial charge in [-0.3, -0.25) is 4.79 Å². The zero-order valence-corrected chi connectivity index (χ0v) is 10.5. The smallest absolute Gasteiger partial charge is 0.219 e. The van der Waals surface area contributed by atoms with Crippen molar-refractivity contribution in [2.24, 2.45) is 11.3 Å². The molecule has 0 spiro atoms. The van der Waals surface area contributed by atoms with Crippen LogP contribution in [0.2, 0.25) is 0 Å². The standard InChI is InChI=1S/C12H23NO2/c1-9(14)13-7-6-10(12(2,3)4)11(8-13)15-5/h10-11H,6-8H2,1-5H3. The number of methoxy groups -OCH3 is 1. The molecule has 1 fully saturated rings. The van der Waals surface area contributed by atoms with Crippen molar-refractivity contribution in [1.29, 1.82) is 0 Å². The monoisotopic (exact) mass is 213 g/mol. The minimum absolute atomic E-state index is 0.157. The van der Waals surface area contributed by atoms with Crippen LogP contribution in [0.5, 0.6) is 0 Å². The molecule has 88 valence electrons. The Hall–Kier alpha value is -0.570. The summed E-state index contributed by atoms with van der Waals surface area (Å²) in [5.41, 5.74) is 0.254.